The molecular formula is C20H39N3. The molecule has 0 aliphatic carbocycles. The van der Waals surface area contributed by atoms with E-state index < -0.39 is 0 Å². The zero-order valence-corrected chi connectivity index (χ0v) is 15.4. The van der Waals surface area contributed by atoms with Crippen LogP contribution in [0.3, 0.4) is 0 Å². The van der Waals surface area contributed by atoms with Gasteiger partial charge in [-0.15, -0.1) is 0 Å². The highest BCUT2D eigenvalue weighted by atomic mass is 15.2. The summed E-state index contributed by atoms with van der Waals surface area (Å²) in [5.74, 6) is 1.31. The summed E-state index contributed by atoms with van der Waals surface area (Å²) in [5.41, 5.74) is 5.65. The van der Waals surface area contributed by atoms with Gasteiger partial charge in [0.1, 0.15) is 0 Å². The first kappa shape index (κ1) is 20.2. The smallest absolute Gasteiger partial charge is 0.0990 e. The second-order valence-electron chi connectivity index (χ2n) is 6.67. The highest BCUT2D eigenvalue weighted by molar-refractivity contribution is 5.83. The molecule has 1 rings (SSSR count). The van der Waals surface area contributed by atoms with Gasteiger partial charge in [-0.3, -0.25) is 4.99 Å². The molecule has 0 atom stereocenters. The third kappa shape index (κ3) is 10.5. The summed E-state index contributed by atoms with van der Waals surface area (Å²) in [6.45, 7) is 5.99. The lowest BCUT2D eigenvalue weighted by Crippen LogP contribution is -2.32. The van der Waals surface area contributed by atoms with Crippen molar-refractivity contribution < 1.29 is 0 Å². The fourth-order valence-electron chi connectivity index (χ4n) is 3.23. The third-order valence-electron chi connectivity index (χ3n) is 4.60. The van der Waals surface area contributed by atoms with Crippen LogP contribution in [0.25, 0.3) is 0 Å². The zero-order valence-electron chi connectivity index (χ0n) is 15.4. The second-order valence-corrected chi connectivity index (χ2v) is 6.67. The fraction of sp³-hybridized carbons (Fsp3) is 0.850. The van der Waals surface area contributed by atoms with Gasteiger partial charge in [-0.1, -0.05) is 64.0 Å². The lowest BCUT2D eigenvalue weighted by Gasteiger charge is -2.19. The first-order chi connectivity index (χ1) is 11.4. The van der Waals surface area contributed by atoms with Crippen LogP contribution < -0.4 is 5.73 Å². The Hall–Kier alpha value is -0.830. The predicted octanol–water partition coefficient (Wildman–Crippen LogP) is 4.92. The van der Waals surface area contributed by atoms with Gasteiger partial charge in [-0.05, 0) is 25.7 Å². The van der Waals surface area contributed by atoms with Crippen LogP contribution in [-0.2, 0) is 0 Å². The van der Waals surface area contributed by atoms with Gasteiger partial charge in [0.05, 0.1) is 12.4 Å². The monoisotopic (exact) mass is 321 g/mol. The third-order valence-corrected chi connectivity index (χ3v) is 4.60. The minimum absolute atomic E-state index is 0.744. The SMILES string of the molecule is CC/C=C/CCCCCCCCCCCC1=NCCN1CCN. The molecule has 0 aromatic rings. The van der Waals surface area contributed by atoms with Crippen molar-refractivity contribution in [3.63, 3.8) is 0 Å². The van der Waals surface area contributed by atoms with E-state index in [4.69, 9.17) is 5.73 Å². The Kier molecular flexibility index (Phi) is 13.0. The number of rotatable bonds is 15. The zero-order chi connectivity index (χ0) is 16.6. The highest BCUT2D eigenvalue weighted by Crippen LogP contribution is 2.13. The van der Waals surface area contributed by atoms with Gasteiger partial charge in [0.25, 0.3) is 0 Å². The van der Waals surface area contributed by atoms with Crippen molar-refractivity contribution in [2.75, 3.05) is 26.2 Å². The molecule has 23 heavy (non-hydrogen) atoms. The summed E-state index contributed by atoms with van der Waals surface area (Å²) in [4.78, 5) is 6.98. The summed E-state index contributed by atoms with van der Waals surface area (Å²) in [6.07, 6.45) is 20.7. The van der Waals surface area contributed by atoms with E-state index in [2.05, 4.69) is 29.0 Å². The molecule has 3 nitrogen and oxygen atoms in total. The Morgan fingerprint density at radius 3 is 2.26 bits per heavy atom. The first-order valence-corrected chi connectivity index (χ1v) is 10.0. The number of amidine groups is 1. The van der Waals surface area contributed by atoms with Crippen LogP contribution in [0.5, 0.6) is 0 Å². The maximum absolute atomic E-state index is 5.65. The van der Waals surface area contributed by atoms with E-state index in [-0.39, 0.29) is 0 Å². The number of hydrogen-bond acceptors (Lipinski definition) is 3. The minimum atomic E-state index is 0.744. The van der Waals surface area contributed by atoms with Crippen LogP contribution in [0.1, 0.15) is 84.0 Å². The van der Waals surface area contributed by atoms with Crippen molar-refractivity contribution in [1.82, 2.24) is 4.90 Å². The summed E-state index contributed by atoms with van der Waals surface area (Å²) < 4.78 is 0. The van der Waals surface area contributed by atoms with Crippen molar-refractivity contribution in [3.05, 3.63) is 12.2 Å². The standard InChI is InChI=1S/C20H39N3/c1-2-3-4-5-6-7-8-9-10-11-12-13-14-15-20-22-17-19-23(20)18-16-21/h3-4H,2,5-19,21H2,1H3/b4-3+. The summed E-state index contributed by atoms with van der Waals surface area (Å²) in [6, 6.07) is 0. The maximum Gasteiger partial charge on any atom is 0.0990 e. The first-order valence-electron chi connectivity index (χ1n) is 10.0. The minimum Gasteiger partial charge on any atom is -0.357 e. The molecular weight excluding hydrogens is 282 g/mol. The molecule has 0 unspecified atom stereocenters. The van der Waals surface area contributed by atoms with E-state index in [0.717, 1.165) is 32.6 Å². The normalized spacial score (nSPS) is 14.9. The number of nitrogens with two attached hydrogens (primary N) is 1. The van der Waals surface area contributed by atoms with Gasteiger partial charge in [0.2, 0.25) is 0 Å². The van der Waals surface area contributed by atoms with E-state index in [0.29, 0.717) is 0 Å². The van der Waals surface area contributed by atoms with Crippen molar-refractivity contribution in [2.24, 2.45) is 10.7 Å². The highest BCUT2D eigenvalue weighted by Gasteiger charge is 2.14. The summed E-state index contributed by atoms with van der Waals surface area (Å²) in [5, 5.41) is 0. The molecule has 0 spiro atoms. The molecule has 0 fully saturated rings. The average molecular weight is 322 g/mol. The molecule has 3 heteroatoms. The van der Waals surface area contributed by atoms with Crippen molar-refractivity contribution in [3.8, 4) is 0 Å². The van der Waals surface area contributed by atoms with Crippen LogP contribution in [0.2, 0.25) is 0 Å². The summed E-state index contributed by atoms with van der Waals surface area (Å²) in [7, 11) is 0. The number of nitrogens with zero attached hydrogens (tertiary/aromatic N) is 2. The van der Waals surface area contributed by atoms with E-state index in [1.165, 1.54) is 76.5 Å². The molecule has 1 aliphatic rings. The molecule has 0 aromatic carbocycles. The molecule has 2 N–H and O–H groups in total. The Labute approximate surface area is 144 Å². The molecule has 0 aromatic heterocycles. The van der Waals surface area contributed by atoms with Gasteiger partial charge in [0.15, 0.2) is 0 Å². The van der Waals surface area contributed by atoms with Crippen LogP contribution in [0.15, 0.2) is 17.1 Å². The van der Waals surface area contributed by atoms with Crippen LogP contribution >= 0.6 is 0 Å². The predicted molar refractivity (Wildman–Crippen MR) is 103 cm³/mol. The second kappa shape index (κ2) is 14.7. The lowest BCUT2D eigenvalue weighted by atomic mass is 10.1. The molecule has 1 heterocycles. The molecule has 0 amide bonds. The number of unbranched alkanes of at least 4 members (excludes halogenated alkanes) is 9. The van der Waals surface area contributed by atoms with Crippen LogP contribution in [0, 0.1) is 0 Å². The van der Waals surface area contributed by atoms with E-state index in [1.54, 1.807) is 0 Å². The molecule has 0 radical (unpaired) electrons. The maximum atomic E-state index is 5.65. The molecule has 0 saturated carbocycles. The van der Waals surface area contributed by atoms with Crippen molar-refractivity contribution in [1.29, 1.82) is 0 Å². The van der Waals surface area contributed by atoms with Gasteiger partial charge in [-0.2, -0.15) is 0 Å². The number of aliphatic imine (C=N–C) groups is 1. The van der Waals surface area contributed by atoms with E-state index in [9.17, 15) is 0 Å². The van der Waals surface area contributed by atoms with Gasteiger partial charge < -0.3 is 10.6 Å². The molecule has 1 aliphatic heterocycles. The Morgan fingerprint density at radius 2 is 1.61 bits per heavy atom. The van der Waals surface area contributed by atoms with Gasteiger partial charge in [0, 0.05) is 26.1 Å². The average Bonchev–Trinajstić information content (AvgIpc) is 2.99. The van der Waals surface area contributed by atoms with Gasteiger partial charge >= 0.3 is 0 Å². The van der Waals surface area contributed by atoms with E-state index >= 15 is 0 Å². The van der Waals surface area contributed by atoms with Crippen LogP contribution in [-0.4, -0.2) is 36.9 Å². The Balaban J connectivity index is 1.82. The van der Waals surface area contributed by atoms with Crippen molar-refractivity contribution >= 4 is 5.84 Å². The molecule has 134 valence electrons. The van der Waals surface area contributed by atoms with E-state index in [1.807, 2.05) is 0 Å². The number of allylic oxidation sites excluding steroid dienone is 2. The van der Waals surface area contributed by atoms with Gasteiger partial charge in [-0.25, -0.2) is 0 Å². The summed E-state index contributed by atoms with van der Waals surface area (Å²) >= 11 is 0. The lowest BCUT2D eigenvalue weighted by molar-refractivity contribution is 0.456. The topological polar surface area (TPSA) is 41.6 Å². The quantitative estimate of drug-likeness (QED) is 0.344. The van der Waals surface area contributed by atoms with Crippen molar-refractivity contribution in [2.45, 2.75) is 84.0 Å². The Morgan fingerprint density at radius 1 is 0.957 bits per heavy atom. The Bertz CT molecular complexity index is 323. The fourth-order valence-corrected chi connectivity index (χ4v) is 3.23. The molecule has 0 saturated heterocycles. The van der Waals surface area contributed by atoms with Crippen LogP contribution in [0.4, 0.5) is 0 Å². The number of hydrogen-bond donors (Lipinski definition) is 1. The largest absolute Gasteiger partial charge is 0.357 e. The molecule has 0 bridgehead atoms.